The Labute approximate surface area is 157 Å². The SMILES string of the molecule is CC1=C(C#N)[C@@H](c2ccc(F)cc2)C2=C(C[C@@H](c3ccccc3)CC2=O)N1. The van der Waals surface area contributed by atoms with Crippen LogP contribution in [0.25, 0.3) is 0 Å². The van der Waals surface area contributed by atoms with Crippen LogP contribution in [0.15, 0.2) is 77.1 Å². The fourth-order valence-electron chi connectivity index (χ4n) is 4.14. The maximum atomic E-state index is 13.4. The topological polar surface area (TPSA) is 52.9 Å². The van der Waals surface area contributed by atoms with E-state index >= 15 is 0 Å². The van der Waals surface area contributed by atoms with Crippen LogP contribution in [0.3, 0.4) is 0 Å². The molecule has 0 aromatic heterocycles. The van der Waals surface area contributed by atoms with E-state index < -0.39 is 5.92 Å². The third-order valence-electron chi connectivity index (χ3n) is 5.42. The minimum absolute atomic E-state index is 0.0483. The first-order valence-electron chi connectivity index (χ1n) is 9.03. The molecule has 0 radical (unpaired) electrons. The summed E-state index contributed by atoms with van der Waals surface area (Å²) in [5.74, 6) is -0.598. The molecule has 2 aromatic carbocycles. The number of rotatable bonds is 2. The van der Waals surface area contributed by atoms with Gasteiger partial charge in [-0.05, 0) is 42.5 Å². The summed E-state index contributed by atoms with van der Waals surface area (Å²) in [6.45, 7) is 1.86. The summed E-state index contributed by atoms with van der Waals surface area (Å²) >= 11 is 0. The normalized spacial score (nSPS) is 22.2. The van der Waals surface area contributed by atoms with Gasteiger partial charge in [-0.3, -0.25) is 4.79 Å². The zero-order valence-corrected chi connectivity index (χ0v) is 15.0. The molecule has 134 valence electrons. The Morgan fingerprint density at radius 2 is 1.74 bits per heavy atom. The molecule has 0 saturated heterocycles. The molecule has 4 heteroatoms. The Morgan fingerprint density at radius 1 is 1.04 bits per heavy atom. The number of allylic oxidation sites excluding steroid dienone is 4. The number of Topliss-reactive ketones (excluding diaryl/α,β-unsaturated/α-hetero) is 1. The third kappa shape index (κ3) is 3.06. The molecule has 0 unspecified atom stereocenters. The van der Waals surface area contributed by atoms with Crippen molar-refractivity contribution in [1.29, 1.82) is 5.26 Å². The molecule has 1 N–H and O–H groups in total. The van der Waals surface area contributed by atoms with E-state index in [2.05, 4.69) is 11.4 Å². The van der Waals surface area contributed by atoms with E-state index in [1.807, 2.05) is 37.3 Å². The highest BCUT2D eigenvalue weighted by Crippen LogP contribution is 2.45. The van der Waals surface area contributed by atoms with Gasteiger partial charge >= 0.3 is 0 Å². The van der Waals surface area contributed by atoms with Gasteiger partial charge in [-0.15, -0.1) is 0 Å². The molecule has 1 heterocycles. The van der Waals surface area contributed by atoms with E-state index in [4.69, 9.17) is 0 Å². The van der Waals surface area contributed by atoms with Crippen LogP contribution >= 0.6 is 0 Å². The highest BCUT2D eigenvalue weighted by molar-refractivity contribution is 6.00. The summed E-state index contributed by atoms with van der Waals surface area (Å²) in [4.78, 5) is 13.1. The Bertz CT molecular complexity index is 997. The lowest BCUT2D eigenvalue weighted by Crippen LogP contribution is -2.33. The Kier molecular flexibility index (Phi) is 4.37. The molecule has 0 amide bonds. The standard InChI is InChI=1S/C23H19FN2O/c1-14-19(13-25)22(16-7-9-18(24)10-8-16)23-20(26-14)11-17(12-21(23)27)15-5-3-2-4-6-15/h2-10,17,22,26H,11-12H2,1H3/t17-,22-/m1/s1. The van der Waals surface area contributed by atoms with Gasteiger partial charge < -0.3 is 5.32 Å². The Hall–Kier alpha value is -3.19. The van der Waals surface area contributed by atoms with Crippen LogP contribution < -0.4 is 5.32 Å². The second kappa shape index (κ2) is 6.85. The summed E-state index contributed by atoms with van der Waals surface area (Å²) in [5.41, 5.74) is 4.72. The van der Waals surface area contributed by atoms with Gasteiger partial charge in [0.25, 0.3) is 0 Å². The predicted octanol–water partition coefficient (Wildman–Crippen LogP) is 4.71. The number of benzene rings is 2. The third-order valence-corrected chi connectivity index (χ3v) is 5.42. The van der Waals surface area contributed by atoms with Crippen molar-refractivity contribution in [2.45, 2.75) is 31.6 Å². The molecule has 27 heavy (non-hydrogen) atoms. The van der Waals surface area contributed by atoms with Crippen LogP contribution in [0.4, 0.5) is 4.39 Å². The van der Waals surface area contributed by atoms with Crippen LogP contribution in [0.1, 0.15) is 42.7 Å². The van der Waals surface area contributed by atoms with E-state index in [-0.39, 0.29) is 17.5 Å². The first-order valence-corrected chi connectivity index (χ1v) is 9.03. The van der Waals surface area contributed by atoms with Crippen molar-refractivity contribution in [2.75, 3.05) is 0 Å². The maximum Gasteiger partial charge on any atom is 0.162 e. The summed E-state index contributed by atoms with van der Waals surface area (Å²) in [5, 5.41) is 13.0. The van der Waals surface area contributed by atoms with Crippen LogP contribution in [0.5, 0.6) is 0 Å². The number of nitrogens with zero attached hydrogens (tertiary/aromatic N) is 1. The predicted molar refractivity (Wildman–Crippen MR) is 101 cm³/mol. The fourth-order valence-corrected chi connectivity index (χ4v) is 4.14. The Morgan fingerprint density at radius 3 is 2.41 bits per heavy atom. The quantitative estimate of drug-likeness (QED) is 0.846. The summed E-state index contributed by atoms with van der Waals surface area (Å²) < 4.78 is 13.4. The van der Waals surface area contributed by atoms with Crippen molar-refractivity contribution in [1.82, 2.24) is 5.32 Å². The fraction of sp³-hybridized carbons (Fsp3) is 0.217. The minimum atomic E-state index is -0.434. The van der Waals surface area contributed by atoms with Gasteiger partial charge in [-0.1, -0.05) is 42.5 Å². The molecule has 2 aliphatic rings. The first kappa shape index (κ1) is 17.2. The summed E-state index contributed by atoms with van der Waals surface area (Å²) in [6, 6.07) is 18.4. The average Bonchev–Trinajstić information content (AvgIpc) is 2.68. The molecule has 0 spiro atoms. The molecule has 1 aliphatic carbocycles. The zero-order chi connectivity index (χ0) is 19.0. The molecule has 4 rings (SSSR count). The van der Waals surface area contributed by atoms with Crippen molar-refractivity contribution < 1.29 is 9.18 Å². The highest BCUT2D eigenvalue weighted by Gasteiger charge is 2.38. The van der Waals surface area contributed by atoms with Crippen molar-refractivity contribution in [3.8, 4) is 6.07 Å². The molecule has 0 bridgehead atoms. The number of ketones is 1. The molecular formula is C23H19FN2O. The van der Waals surface area contributed by atoms with E-state index in [0.29, 0.717) is 17.6 Å². The number of dihydropyridines is 1. The van der Waals surface area contributed by atoms with Gasteiger partial charge in [0.05, 0.1) is 17.6 Å². The number of hydrogen-bond acceptors (Lipinski definition) is 3. The van der Waals surface area contributed by atoms with Gasteiger partial charge in [0.1, 0.15) is 5.82 Å². The van der Waals surface area contributed by atoms with Crippen LogP contribution in [-0.2, 0) is 4.79 Å². The molecule has 1 aliphatic heterocycles. The molecule has 0 fully saturated rings. The number of hydrogen-bond donors (Lipinski definition) is 1. The molecule has 2 aromatic rings. The van der Waals surface area contributed by atoms with E-state index in [1.165, 1.54) is 12.1 Å². The minimum Gasteiger partial charge on any atom is -0.361 e. The largest absolute Gasteiger partial charge is 0.361 e. The number of halogens is 1. The zero-order valence-electron chi connectivity index (χ0n) is 15.0. The summed E-state index contributed by atoms with van der Waals surface area (Å²) in [6.07, 6.45) is 1.14. The second-order valence-corrected chi connectivity index (χ2v) is 7.09. The van der Waals surface area contributed by atoms with Crippen LogP contribution in [0.2, 0.25) is 0 Å². The molecule has 3 nitrogen and oxygen atoms in total. The molecular weight excluding hydrogens is 339 g/mol. The second-order valence-electron chi connectivity index (χ2n) is 7.09. The first-order chi connectivity index (χ1) is 13.1. The molecule has 0 saturated carbocycles. The maximum absolute atomic E-state index is 13.4. The molecule has 2 atom stereocenters. The van der Waals surface area contributed by atoms with Gasteiger partial charge in [0.15, 0.2) is 5.78 Å². The monoisotopic (exact) mass is 358 g/mol. The number of nitrogens with one attached hydrogen (secondary N) is 1. The van der Waals surface area contributed by atoms with E-state index in [0.717, 1.165) is 28.9 Å². The van der Waals surface area contributed by atoms with Crippen molar-refractivity contribution >= 4 is 5.78 Å². The number of nitriles is 1. The van der Waals surface area contributed by atoms with Crippen LogP contribution in [-0.4, -0.2) is 5.78 Å². The van der Waals surface area contributed by atoms with Crippen molar-refractivity contribution in [2.24, 2.45) is 0 Å². The van der Waals surface area contributed by atoms with Gasteiger partial charge in [0, 0.05) is 23.4 Å². The Balaban J connectivity index is 1.79. The van der Waals surface area contributed by atoms with E-state index in [9.17, 15) is 14.4 Å². The smallest absolute Gasteiger partial charge is 0.162 e. The van der Waals surface area contributed by atoms with Gasteiger partial charge in [-0.25, -0.2) is 4.39 Å². The van der Waals surface area contributed by atoms with Gasteiger partial charge in [-0.2, -0.15) is 5.26 Å². The lowest BCUT2D eigenvalue weighted by Gasteiger charge is -2.35. The number of carbonyl (C=O) groups is 1. The van der Waals surface area contributed by atoms with Gasteiger partial charge in [0.2, 0.25) is 0 Å². The highest BCUT2D eigenvalue weighted by atomic mass is 19.1. The van der Waals surface area contributed by atoms with E-state index in [1.54, 1.807) is 12.1 Å². The number of carbonyl (C=O) groups excluding carboxylic acids is 1. The average molecular weight is 358 g/mol. The lowest BCUT2D eigenvalue weighted by atomic mass is 9.72. The van der Waals surface area contributed by atoms with Crippen molar-refractivity contribution in [3.63, 3.8) is 0 Å². The van der Waals surface area contributed by atoms with Crippen molar-refractivity contribution in [3.05, 3.63) is 94.1 Å². The summed E-state index contributed by atoms with van der Waals surface area (Å²) in [7, 11) is 0. The lowest BCUT2D eigenvalue weighted by molar-refractivity contribution is -0.116. The van der Waals surface area contributed by atoms with Crippen LogP contribution in [0, 0.1) is 17.1 Å².